The molecule has 1 aliphatic heterocycles. The fourth-order valence-electron chi connectivity index (χ4n) is 0.548. The summed E-state index contributed by atoms with van der Waals surface area (Å²) in [5.74, 6) is 0. The summed E-state index contributed by atoms with van der Waals surface area (Å²) in [6.45, 7) is 8.04. The van der Waals surface area contributed by atoms with Crippen LogP contribution in [0, 0.1) is 7.43 Å². The molecule has 2 nitrogen and oxygen atoms in total. The first-order valence-electron chi connectivity index (χ1n) is 3.13. The molecule has 0 amide bonds. The third-order valence-electron chi connectivity index (χ3n) is 2.14. The third kappa shape index (κ3) is 2.47. The van der Waals surface area contributed by atoms with Gasteiger partial charge in [-0.25, -0.2) is 0 Å². The molecule has 0 spiro atoms. The monoisotopic (exact) mass is 200 g/mol. The van der Waals surface area contributed by atoms with Crippen LogP contribution < -0.4 is 0 Å². The van der Waals surface area contributed by atoms with E-state index in [-0.39, 0.29) is 35.1 Å². The first-order valence-corrected chi connectivity index (χ1v) is 3.13. The van der Waals surface area contributed by atoms with Crippen molar-refractivity contribution in [3.05, 3.63) is 7.43 Å². The molecule has 11 heavy (non-hydrogen) atoms. The number of hydrogen-bond donors (Lipinski definition) is 0. The average Bonchev–Trinajstić information content (AvgIpc) is 1.81. The van der Waals surface area contributed by atoms with Gasteiger partial charge in [-0.3, -0.25) is 0 Å². The van der Waals surface area contributed by atoms with E-state index in [0.29, 0.717) is 0 Å². The summed E-state index contributed by atoms with van der Waals surface area (Å²) < 4.78 is 10.4. The van der Waals surface area contributed by atoms with Crippen LogP contribution in [0.5, 0.6) is 0 Å². The molecule has 0 aromatic heterocycles. The van der Waals surface area contributed by atoms with Gasteiger partial charge in [-0.2, -0.15) is 0 Å². The topological polar surface area (TPSA) is 18.5 Å². The minimum absolute atomic E-state index is 0. The molecule has 0 unspecified atom stereocenters. The van der Waals surface area contributed by atoms with Gasteiger partial charge in [0.1, 0.15) is 0 Å². The molecule has 0 bridgehead atoms. The van der Waals surface area contributed by atoms with E-state index in [4.69, 9.17) is 9.31 Å². The molecule has 4 heteroatoms. The SMILES string of the molecule is CC1(C)O[B]OC1(C)C.[CH3-].[Ni]. The van der Waals surface area contributed by atoms with Gasteiger partial charge in [0, 0.05) is 16.5 Å². The van der Waals surface area contributed by atoms with Crippen LogP contribution in [-0.4, -0.2) is 18.9 Å². The molecular formula is C7H15BNiO2-. The van der Waals surface area contributed by atoms with Crippen LogP contribution in [0.3, 0.4) is 0 Å². The summed E-state index contributed by atoms with van der Waals surface area (Å²) in [6.07, 6.45) is 0. The molecule has 1 aliphatic rings. The van der Waals surface area contributed by atoms with E-state index >= 15 is 0 Å². The zero-order valence-electron chi connectivity index (χ0n) is 7.71. The van der Waals surface area contributed by atoms with Crippen LogP contribution in [-0.2, 0) is 25.8 Å². The summed E-state index contributed by atoms with van der Waals surface area (Å²) in [4.78, 5) is 0. The Hall–Kier alpha value is 0.478. The van der Waals surface area contributed by atoms with E-state index in [1.165, 1.54) is 7.69 Å². The number of hydrogen-bond acceptors (Lipinski definition) is 2. The van der Waals surface area contributed by atoms with Crippen molar-refractivity contribution < 1.29 is 25.8 Å². The van der Waals surface area contributed by atoms with Gasteiger partial charge in [0.05, 0.1) is 11.2 Å². The number of rotatable bonds is 0. The van der Waals surface area contributed by atoms with Gasteiger partial charge in [0.25, 0.3) is 0 Å². The molecule has 1 radical (unpaired) electrons. The molecule has 0 aromatic rings. The van der Waals surface area contributed by atoms with Crippen LogP contribution >= 0.6 is 0 Å². The fourth-order valence-corrected chi connectivity index (χ4v) is 0.548. The molecule has 0 saturated carbocycles. The third-order valence-corrected chi connectivity index (χ3v) is 2.14. The second kappa shape index (κ2) is 3.93. The average molecular weight is 201 g/mol. The molecule has 69 valence electrons. The first-order chi connectivity index (χ1) is 3.96. The summed E-state index contributed by atoms with van der Waals surface area (Å²) in [7, 11) is 1.42. The molecule has 0 N–H and O–H groups in total. The smallest absolute Gasteiger partial charge is 0.405 e. The molecule has 1 heterocycles. The van der Waals surface area contributed by atoms with Crippen LogP contribution in [0.15, 0.2) is 0 Å². The Balaban J connectivity index is 0. The molecule has 0 aromatic carbocycles. The zero-order chi connectivity index (χ0) is 7.12. The van der Waals surface area contributed by atoms with Crippen molar-refractivity contribution in [1.82, 2.24) is 0 Å². The molecule has 1 fully saturated rings. The standard InChI is InChI=1S/C6H12BO2.CH3.Ni/c1-5(2)6(3,4)9-7-8-5;;/h1-4H3;1H3;/q;-1;. The van der Waals surface area contributed by atoms with E-state index < -0.39 is 0 Å². The van der Waals surface area contributed by atoms with Gasteiger partial charge in [-0.05, 0) is 27.7 Å². The van der Waals surface area contributed by atoms with Gasteiger partial charge in [0.2, 0.25) is 0 Å². The Bertz CT molecular complexity index is 112. The van der Waals surface area contributed by atoms with Crippen LogP contribution in [0.25, 0.3) is 0 Å². The Morgan fingerprint density at radius 1 is 0.909 bits per heavy atom. The van der Waals surface area contributed by atoms with Crippen molar-refractivity contribution in [1.29, 1.82) is 0 Å². The van der Waals surface area contributed by atoms with Crippen molar-refractivity contribution in [2.45, 2.75) is 38.9 Å². The van der Waals surface area contributed by atoms with Crippen molar-refractivity contribution in [3.63, 3.8) is 0 Å². The van der Waals surface area contributed by atoms with Gasteiger partial charge >= 0.3 is 7.69 Å². The van der Waals surface area contributed by atoms with Crippen LogP contribution in [0.4, 0.5) is 0 Å². The summed E-state index contributed by atoms with van der Waals surface area (Å²) in [6, 6.07) is 0. The quantitative estimate of drug-likeness (QED) is 0.437. The van der Waals surface area contributed by atoms with Crippen LogP contribution in [0.1, 0.15) is 27.7 Å². The molecule has 1 saturated heterocycles. The first kappa shape index (κ1) is 14.0. The second-order valence-electron chi connectivity index (χ2n) is 3.35. The van der Waals surface area contributed by atoms with E-state index in [1.807, 2.05) is 27.7 Å². The fraction of sp³-hybridized carbons (Fsp3) is 0.857. The van der Waals surface area contributed by atoms with Gasteiger partial charge in [-0.1, -0.05) is 0 Å². The van der Waals surface area contributed by atoms with Gasteiger partial charge in [0.15, 0.2) is 0 Å². The van der Waals surface area contributed by atoms with Gasteiger partial charge in [-0.15, -0.1) is 0 Å². The van der Waals surface area contributed by atoms with E-state index in [9.17, 15) is 0 Å². The summed E-state index contributed by atoms with van der Waals surface area (Å²) >= 11 is 0. The van der Waals surface area contributed by atoms with Crippen molar-refractivity contribution in [3.8, 4) is 0 Å². The van der Waals surface area contributed by atoms with E-state index in [0.717, 1.165) is 0 Å². The predicted molar refractivity (Wildman–Crippen MR) is 42.5 cm³/mol. The van der Waals surface area contributed by atoms with Crippen molar-refractivity contribution in [2.75, 3.05) is 0 Å². The second-order valence-corrected chi connectivity index (χ2v) is 3.35. The van der Waals surface area contributed by atoms with Gasteiger partial charge < -0.3 is 16.7 Å². The molecule has 0 aliphatic carbocycles. The maximum Gasteiger partial charge on any atom is 0.488 e. The minimum atomic E-state index is -0.188. The van der Waals surface area contributed by atoms with E-state index in [2.05, 4.69) is 0 Å². The minimum Gasteiger partial charge on any atom is -0.405 e. The maximum absolute atomic E-state index is 5.21. The zero-order valence-corrected chi connectivity index (χ0v) is 8.70. The van der Waals surface area contributed by atoms with Crippen molar-refractivity contribution >= 4 is 7.69 Å². The normalized spacial score (nSPS) is 24.4. The summed E-state index contributed by atoms with van der Waals surface area (Å²) in [5, 5.41) is 0. The Morgan fingerprint density at radius 3 is 1.27 bits per heavy atom. The predicted octanol–water partition coefficient (Wildman–Crippen LogP) is 1.57. The maximum atomic E-state index is 5.21. The van der Waals surface area contributed by atoms with Crippen LogP contribution in [0.2, 0.25) is 0 Å². The Morgan fingerprint density at radius 2 is 1.18 bits per heavy atom. The summed E-state index contributed by atoms with van der Waals surface area (Å²) in [5.41, 5.74) is -0.375. The van der Waals surface area contributed by atoms with E-state index in [1.54, 1.807) is 0 Å². The molecular weight excluding hydrogens is 186 g/mol. The molecule has 0 atom stereocenters. The Kier molecular flexibility index (Phi) is 5.01. The Labute approximate surface area is 80.3 Å². The van der Waals surface area contributed by atoms with Crippen molar-refractivity contribution in [2.24, 2.45) is 0 Å². The largest absolute Gasteiger partial charge is 0.488 e. The molecule has 1 rings (SSSR count).